The summed E-state index contributed by atoms with van der Waals surface area (Å²) in [4.78, 5) is 19.2. The standard InChI is InChI=1S/C16H18N2O2/c1-2-20-16(19)13-4-3-12-7-11(8-14(12)10-13)9-15-17-5-6-18-15/h3-6,10-11H,2,7-9H2,1H3,(H,17,18). The third-order valence-corrected chi connectivity index (χ3v) is 3.77. The lowest BCUT2D eigenvalue weighted by Gasteiger charge is -2.05. The first-order valence-electron chi connectivity index (χ1n) is 7.03. The molecule has 20 heavy (non-hydrogen) atoms. The number of fused-ring (bicyclic) bond motifs is 1. The Kier molecular flexibility index (Phi) is 3.54. The molecule has 0 saturated carbocycles. The number of carbonyl (C=O) groups excluding carboxylic acids is 1. The van der Waals surface area contributed by atoms with Gasteiger partial charge in [0.15, 0.2) is 0 Å². The maximum atomic E-state index is 11.7. The molecular formula is C16H18N2O2. The minimum absolute atomic E-state index is 0.232. The average Bonchev–Trinajstić information content (AvgIpc) is 3.07. The second kappa shape index (κ2) is 5.49. The van der Waals surface area contributed by atoms with E-state index in [0.717, 1.165) is 25.1 Å². The predicted molar refractivity (Wildman–Crippen MR) is 75.6 cm³/mol. The van der Waals surface area contributed by atoms with E-state index in [4.69, 9.17) is 4.74 Å². The van der Waals surface area contributed by atoms with Gasteiger partial charge in [-0.1, -0.05) is 6.07 Å². The monoisotopic (exact) mass is 270 g/mol. The fraction of sp³-hybridized carbons (Fsp3) is 0.375. The lowest BCUT2D eigenvalue weighted by Crippen LogP contribution is -2.05. The Bertz CT molecular complexity index is 605. The highest BCUT2D eigenvalue weighted by molar-refractivity contribution is 5.89. The molecular weight excluding hydrogens is 252 g/mol. The van der Waals surface area contributed by atoms with Gasteiger partial charge in [0.05, 0.1) is 12.2 Å². The molecule has 4 heteroatoms. The molecule has 1 unspecified atom stereocenters. The summed E-state index contributed by atoms with van der Waals surface area (Å²) in [5, 5.41) is 0. The highest BCUT2D eigenvalue weighted by Gasteiger charge is 2.23. The second-order valence-corrected chi connectivity index (χ2v) is 5.22. The number of imidazole rings is 1. The maximum Gasteiger partial charge on any atom is 0.338 e. The molecule has 0 amide bonds. The number of hydrogen-bond acceptors (Lipinski definition) is 3. The van der Waals surface area contributed by atoms with Crippen molar-refractivity contribution in [2.24, 2.45) is 5.92 Å². The molecule has 0 radical (unpaired) electrons. The molecule has 0 fully saturated rings. The van der Waals surface area contributed by atoms with E-state index in [1.54, 1.807) is 6.20 Å². The van der Waals surface area contributed by atoms with Gasteiger partial charge >= 0.3 is 5.97 Å². The number of hydrogen-bond donors (Lipinski definition) is 1. The largest absolute Gasteiger partial charge is 0.462 e. The first-order valence-corrected chi connectivity index (χ1v) is 7.03. The summed E-state index contributed by atoms with van der Waals surface area (Å²) in [6, 6.07) is 5.91. The van der Waals surface area contributed by atoms with Gasteiger partial charge in [0, 0.05) is 18.8 Å². The number of ether oxygens (including phenoxy) is 1. The van der Waals surface area contributed by atoms with Gasteiger partial charge in [0.2, 0.25) is 0 Å². The van der Waals surface area contributed by atoms with Crippen LogP contribution in [0.5, 0.6) is 0 Å². The molecule has 0 aliphatic heterocycles. The second-order valence-electron chi connectivity index (χ2n) is 5.22. The van der Waals surface area contributed by atoms with Crippen molar-refractivity contribution in [2.45, 2.75) is 26.2 Å². The third kappa shape index (κ3) is 2.59. The summed E-state index contributed by atoms with van der Waals surface area (Å²) >= 11 is 0. The molecule has 1 N–H and O–H groups in total. The topological polar surface area (TPSA) is 55.0 Å². The Morgan fingerprint density at radius 2 is 2.25 bits per heavy atom. The Morgan fingerprint density at radius 3 is 3.00 bits per heavy atom. The van der Waals surface area contributed by atoms with E-state index in [2.05, 4.69) is 16.0 Å². The number of aromatic nitrogens is 2. The van der Waals surface area contributed by atoms with Crippen LogP contribution in [0.25, 0.3) is 0 Å². The van der Waals surface area contributed by atoms with Gasteiger partial charge in [0.25, 0.3) is 0 Å². The Labute approximate surface area is 118 Å². The molecule has 1 aliphatic rings. The summed E-state index contributed by atoms with van der Waals surface area (Å²) in [7, 11) is 0. The zero-order valence-electron chi connectivity index (χ0n) is 11.6. The number of benzene rings is 1. The van der Waals surface area contributed by atoms with Crippen molar-refractivity contribution in [2.75, 3.05) is 6.61 Å². The van der Waals surface area contributed by atoms with Crippen LogP contribution in [-0.4, -0.2) is 22.5 Å². The van der Waals surface area contributed by atoms with Gasteiger partial charge in [-0.05, 0) is 48.9 Å². The molecule has 1 atom stereocenters. The Balaban J connectivity index is 1.71. The highest BCUT2D eigenvalue weighted by atomic mass is 16.5. The maximum absolute atomic E-state index is 11.7. The zero-order valence-corrected chi connectivity index (χ0v) is 11.6. The number of rotatable bonds is 4. The number of aromatic amines is 1. The van der Waals surface area contributed by atoms with E-state index in [9.17, 15) is 4.79 Å². The van der Waals surface area contributed by atoms with E-state index in [1.165, 1.54) is 11.1 Å². The van der Waals surface area contributed by atoms with Crippen molar-refractivity contribution in [3.8, 4) is 0 Å². The van der Waals surface area contributed by atoms with Gasteiger partial charge in [-0.3, -0.25) is 0 Å². The van der Waals surface area contributed by atoms with E-state index < -0.39 is 0 Å². The van der Waals surface area contributed by atoms with E-state index in [1.807, 2.05) is 25.3 Å². The van der Waals surface area contributed by atoms with E-state index in [0.29, 0.717) is 18.1 Å². The lowest BCUT2D eigenvalue weighted by molar-refractivity contribution is 0.0526. The van der Waals surface area contributed by atoms with Gasteiger partial charge < -0.3 is 9.72 Å². The third-order valence-electron chi connectivity index (χ3n) is 3.77. The highest BCUT2D eigenvalue weighted by Crippen LogP contribution is 2.29. The number of nitrogens with one attached hydrogen (secondary N) is 1. The van der Waals surface area contributed by atoms with Gasteiger partial charge in [-0.25, -0.2) is 9.78 Å². The van der Waals surface area contributed by atoms with Crippen LogP contribution in [-0.2, 0) is 24.0 Å². The normalized spacial score (nSPS) is 16.9. The van der Waals surface area contributed by atoms with Crippen molar-refractivity contribution in [3.63, 3.8) is 0 Å². The summed E-state index contributed by atoms with van der Waals surface area (Å²) in [5.41, 5.74) is 3.27. The van der Waals surface area contributed by atoms with E-state index in [-0.39, 0.29) is 5.97 Å². The van der Waals surface area contributed by atoms with Crippen LogP contribution in [0.2, 0.25) is 0 Å². The van der Waals surface area contributed by atoms with Crippen molar-refractivity contribution in [3.05, 3.63) is 53.1 Å². The first kappa shape index (κ1) is 12.9. The molecule has 0 bridgehead atoms. The number of nitrogens with zero attached hydrogens (tertiary/aromatic N) is 1. The predicted octanol–water partition coefficient (Wildman–Crippen LogP) is 2.54. The fourth-order valence-electron chi connectivity index (χ4n) is 2.88. The molecule has 2 aromatic rings. The van der Waals surface area contributed by atoms with Crippen molar-refractivity contribution >= 4 is 5.97 Å². The average molecular weight is 270 g/mol. The van der Waals surface area contributed by atoms with Crippen LogP contribution in [0.15, 0.2) is 30.6 Å². The molecule has 1 aromatic heterocycles. The summed E-state index contributed by atoms with van der Waals surface area (Å²) in [6.45, 7) is 2.24. The van der Waals surface area contributed by atoms with Crippen molar-refractivity contribution < 1.29 is 9.53 Å². The Hall–Kier alpha value is -2.10. The molecule has 104 valence electrons. The smallest absolute Gasteiger partial charge is 0.338 e. The SMILES string of the molecule is CCOC(=O)c1ccc2c(c1)CC(Cc1ncc[nH]1)C2. The first-order chi connectivity index (χ1) is 9.76. The molecule has 0 spiro atoms. The minimum Gasteiger partial charge on any atom is -0.462 e. The fourth-order valence-corrected chi connectivity index (χ4v) is 2.88. The summed E-state index contributed by atoms with van der Waals surface area (Å²) in [6.07, 6.45) is 6.66. The van der Waals surface area contributed by atoms with Crippen LogP contribution in [0, 0.1) is 5.92 Å². The van der Waals surface area contributed by atoms with Gasteiger partial charge in [-0.15, -0.1) is 0 Å². The van der Waals surface area contributed by atoms with Crippen LogP contribution in [0.1, 0.15) is 34.2 Å². The molecule has 1 aromatic carbocycles. The molecule has 1 heterocycles. The number of carbonyl (C=O) groups is 1. The molecule has 1 aliphatic carbocycles. The van der Waals surface area contributed by atoms with Gasteiger partial charge in [0.1, 0.15) is 5.82 Å². The van der Waals surface area contributed by atoms with Crippen LogP contribution >= 0.6 is 0 Å². The molecule has 3 rings (SSSR count). The minimum atomic E-state index is -0.232. The zero-order chi connectivity index (χ0) is 13.9. The number of H-pyrrole nitrogens is 1. The lowest BCUT2D eigenvalue weighted by atomic mass is 10.0. The summed E-state index contributed by atoms with van der Waals surface area (Å²) < 4.78 is 5.05. The number of esters is 1. The van der Waals surface area contributed by atoms with Crippen LogP contribution < -0.4 is 0 Å². The van der Waals surface area contributed by atoms with Crippen molar-refractivity contribution in [1.29, 1.82) is 0 Å². The quantitative estimate of drug-likeness (QED) is 0.869. The van der Waals surface area contributed by atoms with Gasteiger partial charge in [-0.2, -0.15) is 0 Å². The molecule has 4 nitrogen and oxygen atoms in total. The molecule has 0 saturated heterocycles. The Morgan fingerprint density at radius 1 is 1.40 bits per heavy atom. The van der Waals surface area contributed by atoms with Crippen molar-refractivity contribution in [1.82, 2.24) is 9.97 Å². The summed E-state index contributed by atoms with van der Waals surface area (Å²) in [5.74, 6) is 1.37. The van der Waals surface area contributed by atoms with Crippen LogP contribution in [0.3, 0.4) is 0 Å². The van der Waals surface area contributed by atoms with E-state index >= 15 is 0 Å². The van der Waals surface area contributed by atoms with Crippen LogP contribution in [0.4, 0.5) is 0 Å².